The number of hydrogen-bond acceptors (Lipinski definition) is 5. The lowest BCUT2D eigenvalue weighted by molar-refractivity contribution is -0.140. The second kappa shape index (κ2) is 6.94. The van der Waals surface area contributed by atoms with Gasteiger partial charge in [-0.3, -0.25) is 14.5 Å². The fourth-order valence-electron chi connectivity index (χ4n) is 3.46. The van der Waals surface area contributed by atoms with E-state index in [2.05, 4.69) is 29.2 Å². The van der Waals surface area contributed by atoms with E-state index < -0.39 is 11.6 Å². The fraction of sp³-hybridized carbons (Fsp3) is 0.722. The van der Waals surface area contributed by atoms with Crippen molar-refractivity contribution in [1.29, 1.82) is 0 Å². The topological polar surface area (TPSA) is 100 Å². The van der Waals surface area contributed by atoms with Crippen molar-refractivity contribution in [2.24, 2.45) is 5.92 Å². The highest BCUT2D eigenvalue weighted by molar-refractivity contribution is 6.08. The lowest BCUT2D eigenvalue weighted by Gasteiger charge is -2.33. The third-order valence-electron chi connectivity index (χ3n) is 5.14. The van der Waals surface area contributed by atoms with Crippen molar-refractivity contribution < 1.29 is 14.4 Å². The van der Waals surface area contributed by atoms with E-state index in [0.29, 0.717) is 19.0 Å². The lowest BCUT2D eigenvalue weighted by atomic mass is 10.1. The largest absolute Gasteiger partial charge is 0.329 e. The fourth-order valence-corrected chi connectivity index (χ4v) is 3.46. The van der Waals surface area contributed by atoms with Gasteiger partial charge in [-0.2, -0.15) is 5.10 Å². The Balaban J connectivity index is 1.69. The normalized spacial score (nSPS) is 21.6. The van der Waals surface area contributed by atoms with Gasteiger partial charge in [0, 0.05) is 13.0 Å². The maximum absolute atomic E-state index is 12.8. The molecular weight excluding hydrogens is 348 g/mol. The molecule has 1 aromatic heterocycles. The zero-order valence-corrected chi connectivity index (χ0v) is 16.7. The molecule has 0 aliphatic carbocycles. The van der Waals surface area contributed by atoms with Crippen LogP contribution in [0.4, 0.5) is 4.79 Å². The molecule has 9 heteroatoms. The molecule has 9 nitrogen and oxygen atoms in total. The van der Waals surface area contributed by atoms with Crippen molar-refractivity contribution in [2.75, 3.05) is 13.1 Å². The van der Waals surface area contributed by atoms with Crippen molar-refractivity contribution in [2.45, 2.75) is 65.6 Å². The number of carbonyl (C=O) groups is 3. The first-order chi connectivity index (χ1) is 12.6. The summed E-state index contributed by atoms with van der Waals surface area (Å²) in [6, 6.07) is -0.775. The maximum atomic E-state index is 12.8. The van der Waals surface area contributed by atoms with Crippen LogP contribution in [0, 0.1) is 5.92 Å². The molecule has 0 saturated carbocycles. The molecule has 1 N–H and O–H groups in total. The number of aryl methyl sites for hydroxylation is 1. The Kier molecular flexibility index (Phi) is 4.96. The summed E-state index contributed by atoms with van der Waals surface area (Å²) in [5, 5.41) is 7.15. The quantitative estimate of drug-likeness (QED) is 0.776. The number of nitrogens with zero attached hydrogens (tertiary/aromatic N) is 5. The minimum atomic E-state index is -0.976. The summed E-state index contributed by atoms with van der Waals surface area (Å²) in [6.07, 6.45) is 1.83. The number of amides is 4. The molecule has 0 spiro atoms. The van der Waals surface area contributed by atoms with Crippen molar-refractivity contribution in [3.05, 3.63) is 11.6 Å². The summed E-state index contributed by atoms with van der Waals surface area (Å²) in [4.78, 5) is 44.4. The van der Waals surface area contributed by atoms with Gasteiger partial charge in [0.1, 0.15) is 17.9 Å². The number of urea groups is 1. The van der Waals surface area contributed by atoms with Crippen LogP contribution >= 0.6 is 0 Å². The summed E-state index contributed by atoms with van der Waals surface area (Å²) in [5.41, 5.74) is -0.976. The summed E-state index contributed by atoms with van der Waals surface area (Å²) in [7, 11) is 0. The maximum Gasteiger partial charge on any atom is 0.325 e. The van der Waals surface area contributed by atoms with Crippen LogP contribution in [0.5, 0.6) is 0 Å². The molecule has 2 aliphatic rings. The van der Waals surface area contributed by atoms with Gasteiger partial charge in [-0.1, -0.05) is 13.8 Å². The molecule has 2 aliphatic heterocycles. The highest BCUT2D eigenvalue weighted by Crippen LogP contribution is 2.25. The van der Waals surface area contributed by atoms with Crippen LogP contribution in [0.2, 0.25) is 0 Å². The SMILES string of the molecule is CC(C)CCc1nc2n(n1)CCN(C(=O)CN1C(=O)NC(C)(C)C1=O)[C@@H]2C. The van der Waals surface area contributed by atoms with Crippen molar-refractivity contribution >= 4 is 17.8 Å². The Labute approximate surface area is 159 Å². The number of aromatic nitrogens is 3. The Bertz CT molecular complexity index is 769. The molecule has 1 fully saturated rings. The number of hydrogen-bond donors (Lipinski definition) is 1. The molecule has 3 heterocycles. The van der Waals surface area contributed by atoms with Gasteiger partial charge in [0.05, 0.1) is 12.6 Å². The lowest BCUT2D eigenvalue weighted by Crippen LogP contribution is -2.48. The molecule has 27 heavy (non-hydrogen) atoms. The molecule has 148 valence electrons. The van der Waals surface area contributed by atoms with E-state index in [4.69, 9.17) is 0 Å². The number of imide groups is 1. The Morgan fingerprint density at radius 3 is 2.59 bits per heavy atom. The average Bonchev–Trinajstić information content (AvgIpc) is 3.08. The Morgan fingerprint density at radius 1 is 1.30 bits per heavy atom. The molecule has 1 saturated heterocycles. The summed E-state index contributed by atoms with van der Waals surface area (Å²) < 4.78 is 1.86. The van der Waals surface area contributed by atoms with Gasteiger partial charge >= 0.3 is 6.03 Å². The summed E-state index contributed by atoms with van der Waals surface area (Å²) in [6.45, 7) is 10.3. The van der Waals surface area contributed by atoms with E-state index in [1.54, 1.807) is 18.7 Å². The van der Waals surface area contributed by atoms with Gasteiger partial charge in [0.25, 0.3) is 5.91 Å². The predicted octanol–water partition coefficient (Wildman–Crippen LogP) is 1.10. The summed E-state index contributed by atoms with van der Waals surface area (Å²) >= 11 is 0. The number of carbonyl (C=O) groups excluding carboxylic acids is 3. The highest BCUT2D eigenvalue weighted by Gasteiger charge is 2.45. The molecule has 0 bridgehead atoms. The van der Waals surface area contributed by atoms with Crippen LogP contribution in [0.1, 0.15) is 58.7 Å². The zero-order chi connectivity index (χ0) is 19.9. The molecule has 0 radical (unpaired) electrons. The van der Waals surface area contributed by atoms with Crippen LogP contribution in [0.15, 0.2) is 0 Å². The molecule has 0 aromatic carbocycles. The van der Waals surface area contributed by atoms with Crippen LogP contribution in [0.25, 0.3) is 0 Å². The smallest absolute Gasteiger partial charge is 0.325 e. The van der Waals surface area contributed by atoms with Crippen LogP contribution < -0.4 is 5.32 Å². The highest BCUT2D eigenvalue weighted by atomic mass is 16.2. The first kappa shape index (κ1) is 19.3. The van der Waals surface area contributed by atoms with Crippen molar-refractivity contribution in [1.82, 2.24) is 29.9 Å². The molecule has 1 atom stereocenters. The number of fused-ring (bicyclic) bond motifs is 1. The minimum absolute atomic E-state index is 0.250. The van der Waals surface area contributed by atoms with Crippen molar-refractivity contribution in [3.8, 4) is 0 Å². The molecular formula is C18H28N6O3. The first-order valence-corrected chi connectivity index (χ1v) is 9.47. The Morgan fingerprint density at radius 2 is 2.00 bits per heavy atom. The van der Waals surface area contributed by atoms with E-state index in [1.165, 1.54) is 0 Å². The van der Waals surface area contributed by atoms with Crippen molar-refractivity contribution in [3.63, 3.8) is 0 Å². The Hall–Kier alpha value is -2.45. The van der Waals surface area contributed by atoms with Gasteiger partial charge in [0.15, 0.2) is 5.82 Å². The second-order valence-electron chi connectivity index (χ2n) is 8.25. The second-order valence-corrected chi connectivity index (χ2v) is 8.25. The summed E-state index contributed by atoms with van der Waals surface area (Å²) in [5.74, 6) is 1.49. The van der Waals surface area contributed by atoms with E-state index in [0.717, 1.165) is 29.4 Å². The van der Waals surface area contributed by atoms with E-state index in [-0.39, 0.29) is 24.4 Å². The molecule has 1 aromatic rings. The predicted molar refractivity (Wildman–Crippen MR) is 97.6 cm³/mol. The van der Waals surface area contributed by atoms with Crippen LogP contribution in [0.3, 0.4) is 0 Å². The van der Waals surface area contributed by atoms with Gasteiger partial charge in [-0.05, 0) is 33.1 Å². The van der Waals surface area contributed by atoms with E-state index in [1.807, 2.05) is 11.6 Å². The van der Waals surface area contributed by atoms with E-state index >= 15 is 0 Å². The van der Waals surface area contributed by atoms with Gasteiger partial charge in [-0.15, -0.1) is 0 Å². The standard InChI is InChI=1S/C18H28N6O3/c1-11(2)6-7-13-19-15-12(3)22(8-9-24(15)21-13)14(25)10-23-16(26)18(4,5)20-17(23)27/h11-12H,6-10H2,1-5H3,(H,20,27)/t12-/m1/s1. The monoisotopic (exact) mass is 376 g/mol. The van der Waals surface area contributed by atoms with Gasteiger partial charge in [-0.25, -0.2) is 14.5 Å². The zero-order valence-electron chi connectivity index (χ0n) is 16.7. The molecule has 4 amide bonds. The third-order valence-corrected chi connectivity index (χ3v) is 5.14. The van der Waals surface area contributed by atoms with Gasteiger partial charge in [0.2, 0.25) is 5.91 Å². The average molecular weight is 376 g/mol. The molecule has 0 unspecified atom stereocenters. The molecule has 3 rings (SSSR count). The third kappa shape index (κ3) is 3.68. The minimum Gasteiger partial charge on any atom is -0.329 e. The number of rotatable bonds is 5. The van der Waals surface area contributed by atoms with Crippen LogP contribution in [-0.2, 0) is 22.6 Å². The van der Waals surface area contributed by atoms with Gasteiger partial charge < -0.3 is 10.2 Å². The number of nitrogens with one attached hydrogen (secondary N) is 1. The van der Waals surface area contributed by atoms with Crippen LogP contribution in [-0.4, -0.2) is 61.0 Å². The van der Waals surface area contributed by atoms with E-state index in [9.17, 15) is 14.4 Å². The first-order valence-electron chi connectivity index (χ1n) is 9.47.